The highest BCUT2D eigenvalue weighted by molar-refractivity contribution is 6.68. The molecule has 2 heterocycles. The van der Waals surface area contributed by atoms with Crippen molar-refractivity contribution in [1.29, 1.82) is 0 Å². The lowest BCUT2D eigenvalue weighted by Crippen LogP contribution is -2.41. The summed E-state index contributed by atoms with van der Waals surface area (Å²) in [5.41, 5.74) is 0.894. The van der Waals surface area contributed by atoms with Crippen molar-refractivity contribution < 1.29 is 18.6 Å². The predicted octanol–water partition coefficient (Wildman–Crippen LogP) is 4.63. The molecule has 2 aliphatic rings. The van der Waals surface area contributed by atoms with Crippen molar-refractivity contribution in [1.82, 2.24) is 0 Å². The van der Waals surface area contributed by atoms with Crippen molar-refractivity contribution in [3.05, 3.63) is 35.4 Å². The molecule has 6 heteroatoms. The molecule has 2 fully saturated rings. The topological polar surface area (TPSA) is 36.9 Å². The van der Waals surface area contributed by atoms with Gasteiger partial charge in [-0.2, -0.15) is 0 Å². The van der Waals surface area contributed by atoms with Gasteiger partial charge in [0.2, 0.25) is 0 Å². The van der Waals surface area contributed by atoms with Crippen LogP contribution in [0.1, 0.15) is 66.5 Å². The highest BCUT2D eigenvalue weighted by Crippen LogP contribution is 2.46. The van der Waals surface area contributed by atoms with Crippen molar-refractivity contribution >= 4 is 14.2 Å². The van der Waals surface area contributed by atoms with Gasteiger partial charge < -0.3 is 18.6 Å². The van der Waals surface area contributed by atoms with Gasteiger partial charge in [-0.1, -0.05) is 29.8 Å². The molecule has 148 valence electrons. The third-order valence-corrected chi connectivity index (χ3v) is 6.83. The van der Waals surface area contributed by atoms with Crippen molar-refractivity contribution in [2.75, 3.05) is 0 Å². The number of aryl methyl sites for hydroxylation is 1. The fourth-order valence-corrected chi connectivity index (χ4v) is 3.44. The summed E-state index contributed by atoms with van der Waals surface area (Å²) in [5, 5.41) is 0. The van der Waals surface area contributed by atoms with Crippen LogP contribution in [0.3, 0.4) is 0 Å². The van der Waals surface area contributed by atoms with Gasteiger partial charge in [0, 0.05) is 5.72 Å². The van der Waals surface area contributed by atoms with E-state index in [-0.39, 0.29) is 42.4 Å². The van der Waals surface area contributed by atoms with Gasteiger partial charge in [0.1, 0.15) is 0 Å². The summed E-state index contributed by atoms with van der Waals surface area (Å²) in [6.07, 6.45) is 0.772. The minimum Gasteiger partial charge on any atom is -0.403 e. The maximum absolute atomic E-state index is 6.39. The zero-order chi connectivity index (χ0) is 20.3. The summed E-state index contributed by atoms with van der Waals surface area (Å²) < 4.78 is 25.6. The van der Waals surface area contributed by atoms with Crippen LogP contribution in [0.2, 0.25) is 5.72 Å². The van der Waals surface area contributed by atoms with Gasteiger partial charge in [-0.15, -0.1) is 0 Å². The van der Waals surface area contributed by atoms with E-state index in [4.69, 9.17) is 18.6 Å². The minimum atomic E-state index is -0.383. The zero-order valence-corrected chi connectivity index (χ0v) is 18.4. The molecule has 27 heavy (non-hydrogen) atoms. The van der Waals surface area contributed by atoms with Crippen LogP contribution in [-0.2, 0) is 25.0 Å². The lowest BCUT2D eigenvalue weighted by atomic mass is 9.49. The monoisotopic (exact) mass is 372 g/mol. The molecule has 0 unspecified atom stereocenters. The molecular weight excluding hydrogens is 338 g/mol. The fourth-order valence-electron chi connectivity index (χ4n) is 3.44. The number of benzene rings is 1. The Kier molecular flexibility index (Phi) is 5.13. The van der Waals surface area contributed by atoms with Crippen LogP contribution in [-0.4, -0.2) is 36.6 Å². The van der Waals surface area contributed by atoms with E-state index in [2.05, 4.69) is 86.6 Å². The van der Waals surface area contributed by atoms with E-state index in [1.165, 1.54) is 11.1 Å². The molecule has 2 saturated heterocycles. The van der Waals surface area contributed by atoms with Crippen LogP contribution in [0, 0.1) is 6.92 Å². The summed E-state index contributed by atoms with van der Waals surface area (Å²) in [4.78, 5) is 0. The third-order valence-electron chi connectivity index (χ3n) is 6.83. The van der Waals surface area contributed by atoms with Crippen LogP contribution in [0.4, 0.5) is 0 Å². The van der Waals surface area contributed by atoms with Gasteiger partial charge in [0.25, 0.3) is 0 Å². The first-order valence-electron chi connectivity index (χ1n) is 10.0. The van der Waals surface area contributed by atoms with Gasteiger partial charge in [0.15, 0.2) is 0 Å². The maximum atomic E-state index is 6.39. The minimum absolute atomic E-state index is 0.0604. The number of hydrogen-bond donors (Lipinski definition) is 0. The molecule has 0 spiro atoms. The highest BCUT2D eigenvalue weighted by atomic mass is 16.7. The second-order valence-electron chi connectivity index (χ2n) is 10.1. The van der Waals surface area contributed by atoms with E-state index in [0.29, 0.717) is 0 Å². The molecule has 0 aromatic heterocycles. The number of hydrogen-bond acceptors (Lipinski definition) is 4. The molecule has 0 radical (unpaired) electrons. The van der Waals surface area contributed by atoms with E-state index >= 15 is 0 Å². The van der Waals surface area contributed by atoms with Gasteiger partial charge in [-0.3, -0.25) is 0 Å². The molecule has 0 N–H and O–H groups in total. The highest BCUT2D eigenvalue weighted by Gasteiger charge is 2.61. The molecule has 0 saturated carbocycles. The first-order chi connectivity index (χ1) is 12.2. The quantitative estimate of drug-likeness (QED) is 0.723. The first kappa shape index (κ1) is 20.9. The van der Waals surface area contributed by atoms with Crippen LogP contribution in [0.15, 0.2) is 24.3 Å². The van der Waals surface area contributed by atoms with E-state index < -0.39 is 0 Å². The SMILES string of the molecule is Cc1ccc(CC(B2OC(C)(C)C(C)(C)O2)B2OC(C)(C)C(C)(C)O2)cc1. The third kappa shape index (κ3) is 3.87. The van der Waals surface area contributed by atoms with Crippen LogP contribution >= 0.6 is 0 Å². The lowest BCUT2D eigenvalue weighted by molar-refractivity contribution is 0.00578. The molecule has 3 rings (SSSR count). The van der Waals surface area contributed by atoms with Gasteiger partial charge in [-0.25, -0.2) is 0 Å². The molecule has 1 aromatic rings. The predicted molar refractivity (Wildman–Crippen MR) is 111 cm³/mol. The number of rotatable bonds is 4. The van der Waals surface area contributed by atoms with E-state index in [9.17, 15) is 0 Å². The maximum Gasteiger partial charge on any atom is 0.459 e. The summed E-state index contributed by atoms with van der Waals surface area (Å²) in [6.45, 7) is 18.8. The molecule has 4 nitrogen and oxygen atoms in total. The van der Waals surface area contributed by atoms with Crippen LogP contribution in [0.25, 0.3) is 0 Å². The fraction of sp³-hybridized carbons (Fsp3) is 0.714. The Balaban J connectivity index is 1.89. The lowest BCUT2D eigenvalue weighted by Gasteiger charge is -2.32. The summed E-state index contributed by atoms with van der Waals surface area (Å²) in [6, 6.07) is 8.61. The van der Waals surface area contributed by atoms with Gasteiger partial charge in [-0.05, 0) is 74.3 Å². The second kappa shape index (κ2) is 6.62. The Hall–Kier alpha value is -0.810. The smallest absolute Gasteiger partial charge is 0.403 e. The van der Waals surface area contributed by atoms with E-state index in [0.717, 1.165) is 6.42 Å². The average molecular weight is 372 g/mol. The summed E-state index contributed by atoms with van der Waals surface area (Å²) in [5.74, 6) is 0. The van der Waals surface area contributed by atoms with E-state index in [1.54, 1.807) is 0 Å². The normalized spacial score (nSPS) is 25.4. The van der Waals surface area contributed by atoms with Crippen LogP contribution < -0.4 is 0 Å². The van der Waals surface area contributed by atoms with Crippen molar-refractivity contribution in [3.63, 3.8) is 0 Å². The Labute approximate surface area is 165 Å². The molecule has 0 atom stereocenters. The second-order valence-corrected chi connectivity index (χ2v) is 10.1. The molecule has 2 aliphatic heterocycles. The molecule has 0 aliphatic carbocycles. The molecule has 0 amide bonds. The van der Waals surface area contributed by atoms with Crippen molar-refractivity contribution in [3.8, 4) is 0 Å². The summed E-state index contributed by atoms with van der Waals surface area (Å²) in [7, 11) is -0.767. The molecule has 0 bridgehead atoms. The zero-order valence-electron chi connectivity index (χ0n) is 18.4. The first-order valence-corrected chi connectivity index (χ1v) is 10.0. The van der Waals surface area contributed by atoms with E-state index in [1.807, 2.05) is 0 Å². The Morgan fingerprint density at radius 1 is 0.667 bits per heavy atom. The van der Waals surface area contributed by atoms with Crippen LogP contribution in [0.5, 0.6) is 0 Å². The summed E-state index contributed by atoms with van der Waals surface area (Å²) >= 11 is 0. The Morgan fingerprint density at radius 3 is 1.33 bits per heavy atom. The average Bonchev–Trinajstić information content (AvgIpc) is 2.86. The molecular formula is C21H34B2O4. The molecule has 1 aromatic carbocycles. The van der Waals surface area contributed by atoms with Gasteiger partial charge >= 0.3 is 14.2 Å². The Bertz CT molecular complexity index is 614. The van der Waals surface area contributed by atoms with Crippen molar-refractivity contribution in [2.45, 2.75) is 96.9 Å². The Morgan fingerprint density at radius 2 is 1.00 bits per heavy atom. The largest absolute Gasteiger partial charge is 0.459 e. The van der Waals surface area contributed by atoms with Crippen molar-refractivity contribution in [2.24, 2.45) is 0 Å². The standard InChI is InChI=1S/C21H34B2O4/c1-15-10-12-16(13-11-15)14-17(22-24-18(2,3)19(4,5)25-22)23-26-20(6,7)21(8,9)27-23/h10-13,17H,14H2,1-9H3. The van der Waals surface area contributed by atoms with Gasteiger partial charge in [0.05, 0.1) is 22.4 Å².